The van der Waals surface area contributed by atoms with Crippen molar-refractivity contribution < 1.29 is 18.0 Å². The van der Waals surface area contributed by atoms with E-state index in [1.807, 2.05) is 0 Å². The van der Waals surface area contributed by atoms with E-state index in [2.05, 4.69) is 15.8 Å². The number of alkyl halides is 3. The van der Waals surface area contributed by atoms with Gasteiger partial charge in [-0.15, -0.1) is 0 Å². The zero-order chi connectivity index (χ0) is 24.2. The normalized spacial score (nSPS) is 15.1. The minimum atomic E-state index is -4.35. The maximum Gasteiger partial charge on any atom is 0.399 e. The summed E-state index contributed by atoms with van der Waals surface area (Å²) in [4.78, 5) is 12.6. The summed E-state index contributed by atoms with van der Waals surface area (Å²) in [6.45, 7) is 2.03. The fraction of sp³-hybridized carbons (Fsp3) is 0.348. The number of amides is 1. The lowest BCUT2D eigenvalue weighted by molar-refractivity contribution is -0.105. The zero-order valence-electron chi connectivity index (χ0n) is 17.6. The van der Waals surface area contributed by atoms with Gasteiger partial charge in [0, 0.05) is 28.6 Å². The van der Waals surface area contributed by atoms with E-state index in [1.54, 1.807) is 43.3 Å². The molecule has 0 aromatic heterocycles. The van der Waals surface area contributed by atoms with Gasteiger partial charge in [-0.2, -0.15) is 18.4 Å². The van der Waals surface area contributed by atoms with Crippen LogP contribution < -0.4 is 5.32 Å². The maximum absolute atomic E-state index is 12.6. The average molecular weight is 514 g/mol. The lowest BCUT2D eigenvalue weighted by atomic mass is 9.98. The van der Waals surface area contributed by atoms with Crippen LogP contribution in [0.1, 0.15) is 39.9 Å². The Hall–Kier alpha value is -2.21. The van der Waals surface area contributed by atoms with Crippen molar-refractivity contribution in [1.29, 1.82) is 5.26 Å². The molecule has 0 radical (unpaired) electrons. The third-order valence-electron chi connectivity index (χ3n) is 5.18. The second-order valence-corrected chi connectivity index (χ2v) is 9.59. The molecule has 1 saturated carbocycles. The highest BCUT2D eigenvalue weighted by atomic mass is 35.5. The third-order valence-corrected chi connectivity index (χ3v) is 6.42. The van der Waals surface area contributed by atoms with Gasteiger partial charge >= 0.3 is 6.18 Å². The van der Waals surface area contributed by atoms with Crippen LogP contribution >= 0.6 is 35.1 Å². The summed E-state index contributed by atoms with van der Waals surface area (Å²) in [5.74, 6) is -1.42. The molecule has 1 amide bonds. The predicted octanol–water partition coefficient (Wildman–Crippen LogP) is 6.58. The van der Waals surface area contributed by atoms with Crippen LogP contribution in [0.25, 0.3) is 0 Å². The number of hydrogen-bond acceptors (Lipinski definition) is 4. The number of nitriles is 1. The van der Waals surface area contributed by atoms with E-state index >= 15 is 0 Å². The summed E-state index contributed by atoms with van der Waals surface area (Å²) in [7, 11) is 0. The minimum Gasteiger partial charge on any atom is -0.350 e. The number of nitrogens with one attached hydrogen (secondary N) is 1. The lowest BCUT2D eigenvalue weighted by Crippen LogP contribution is -2.30. The molecular weight excluding hydrogens is 494 g/mol. The minimum absolute atomic E-state index is 0.209. The van der Waals surface area contributed by atoms with Crippen molar-refractivity contribution in [2.24, 2.45) is 9.81 Å². The van der Waals surface area contributed by atoms with E-state index in [-0.39, 0.29) is 12.3 Å². The highest BCUT2D eigenvalue weighted by molar-refractivity contribution is 7.98. The Morgan fingerprint density at radius 1 is 1.21 bits per heavy atom. The number of hydrogen-bond donors (Lipinski definition) is 1. The highest BCUT2D eigenvalue weighted by Gasteiger charge is 2.43. The molecule has 0 aliphatic heterocycles. The first kappa shape index (κ1) is 25.4. The molecule has 1 fully saturated rings. The Kier molecular flexibility index (Phi) is 7.99. The van der Waals surface area contributed by atoms with Crippen molar-refractivity contribution in [2.45, 2.75) is 32.4 Å². The van der Waals surface area contributed by atoms with Crippen LogP contribution in [0.4, 0.5) is 13.2 Å². The third kappa shape index (κ3) is 7.39. The number of carbonyl (C=O) groups excluding carboxylic acids is 1. The van der Waals surface area contributed by atoms with Gasteiger partial charge in [0.1, 0.15) is 5.75 Å². The first-order chi connectivity index (χ1) is 15.5. The van der Waals surface area contributed by atoms with Crippen LogP contribution in [0.2, 0.25) is 10.0 Å². The molecule has 174 valence electrons. The van der Waals surface area contributed by atoms with E-state index in [0.717, 1.165) is 12.8 Å². The van der Waals surface area contributed by atoms with Gasteiger partial charge in [-0.05, 0) is 78.7 Å². The van der Waals surface area contributed by atoms with Crippen LogP contribution in [-0.2, 0) is 6.42 Å². The Bertz CT molecular complexity index is 1100. The van der Waals surface area contributed by atoms with E-state index in [9.17, 15) is 18.0 Å². The second kappa shape index (κ2) is 10.4. The predicted molar refractivity (Wildman–Crippen MR) is 126 cm³/mol. The first-order valence-corrected chi connectivity index (χ1v) is 11.7. The fourth-order valence-corrected chi connectivity index (χ4v) is 4.31. The number of halogens is 5. The molecule has 0 heterocycles. The average Bonchev–Trinajstić information content (AvgIpc) is 3.50. The summed E-state index contributed by atoms with van der Waals surface area (Å²) in [6.07, 6.45) is -2.60. The zero-order valence-corrected chi connectivity index (χ0v) is 19.9. The molecule has 33 heavy (non-hydrogen) atoms. The molecule has 10 heteroatoms. The molecule has 1 aliphatic carbocycles. The molecule has 2 aromatic carbocycles. The quantitative estimate of drug-likeness (QED) is 0.320. The van der Waals surface area contributed by atoms with Gasteiger partial charge in [0.25, 0.3) is 5.91 Å². The Morgan fingerprint density at radius 2 is 1.88 bits per heavy atom. The lowest BCUT2D eigenvalue weighted by Gasteiger charge is -2.13. The topological polar surface area (TPSA) is 65.2 Å². The first-order valence-electron chi connectivity index (χ1n) is 10.0. The van der Waals surface area contributed by atoms with Crippen LogP contribution in [0, 0.1) is 23.7 Å². The van der Waals surface area contributed by atoms with Crippen LogP contribution in [0.15, 0.2) is 40.8 Å². The number of rotatable bonds is 8. The van der Waals surface area contributed by atoms with E-state index in [0.29, 0.717) is 56.5 Å². The Labute approximate surface area is 204 Å². The van der Waals surface area contributed by atoms with Crippen molar-refractivity contribution in [1.82, 2.24) is 5.32 Å². The molecule has 0 spiro atoms. The summed E-state index contributed by atoms with van der Waals surface area (Å²) in [6, 6.07) is 12.1. The van der Waals surface area contributed by atoms with E-state index in [4.69, 9.17) is 28.5 Å². The number of benzene rings is 2. The van der Waals surface area contributed by atoms with Crippen LogP contribution in [0.5, 0.6) is 0 Å². The fourth-order valence-electron chi connectivity index (χ4n) is 3.20. The van der Waals surface area contributed by atoms with Crippen molar-refractivity contribution in [2.75, 3.05) is 12.3 Å². The molecule has 0 atom stereocenters. The summed E-state index contributed by atoms with van der Waals surface area (Å²) >= 11 is 12.5. The van der Waals surface area contributed by atoms with Crippen LogP contribution in [0.3, 0.4) is 0 Å². The van der Waals surface area contributed by atoms with Gasteiger partial charge in [0.05, 0.1) is 17.2 Å². The molecule has 0 bridgehead atoms. The van der Waals surface area contributed by atoms with Crippen molar-refractivity contribution in [3.05, 3.63) is 68.7 Å². The molecule has 2 aromatic rings. The Morgan fingerprint density at radius 3 is 2.42 bits per heavy atom. The number of aryl methyl sites for hydroxylation is 1. The van der Waals surface area contributed by atoms with Crippen molar-refractivity contribution >= 4 is 46.8 Å². The number of carbonyl (C=O) groups is 1. The van der Waals surface area contributed by atoms with Gasteiger partial charge < -0.3 is 5.32 Å². The molecule has 0 unspecified atom stereocenters. The van der Waals surface area contributed by atoms with Gasteiger partial charge in [-0.3, -0.25) is 4.79 Å². The van der Waals surface area contributed by atoms with Gasteiger partial charge in [-0.25, -0.2) is 4.40 Å². The second-order valence-electron chi connectivity index (χ2n) is 7.99. The van der Waals surface area contributed by atoms with Crippen LogP contribution in [-0.4, -0.2) is 30.1 Å². The van der Waals surface area contributed by atoms with E-state index < -0.39 is 17.3 Å². The van der Waals surface area contributed by atoms with Crippen molar-refractivity contribution in [3.8, 4) is 6.07 Å². The van der Waals surface area contributed by atoms with E-state index in [1.165, 1.54) is 0 Å². The number of nitrogens with zero attached hydrogens (tertiary/aromatic N) is 2. The van der Waals surface area contributed by atoms with Gasteiger partial charge in [0.2, 0.25) is 0 Å². The Balaban J connectivity index is 1.83. The molecule has 1 aliphatic rings. The molecule has 4 nitrogen and oxygen atoms in total. The molecular formula is C23H20Cl2F3N3OS. The molecule has 0 saturated heterocycles. The van der Waals surface area contributed by atoms with Gasteiger partial charge in [-0.1, -0.05) is 29.3 Å². The monoisotopic (exact) mass is 513 g/mol. The summed E-state index contributed by atoms with van der Waals surface area (Å²) < 4.78 is 42.1. The summed E-state index contributed by atoms with van der Waals surface area (Å²) in [5.41, 5.74) is 2.30. The maximum atomic E-state index is 12.6. The van der Waals surface area contributed by atoms with Crippen molar-refractivity contribution in [3.63, 3.8) is 0 Å². The molecule has 3 rings (SSSR count). The van der Waals surface area contributed by atoms with Gasteiger partial charge in [0.15, 0.2) is 0 Å². The molecule has 1 N–H and O–H groups in total. The largest absolute Gasteiger partial charge is 0.399 e. The smallest absolute Gasteiger partial charge is 0.350 e. The SMILES string of the molecule is Cc1cc(C(Cc2cc(Cl)cc(Cl)c2)=NSCC(F)(F)F)ccc1C(=O)NCC1(C#N)CC1. The highest BCUT2D eigenvalue weighted by Crippen LogP contribution is 2.44. The summed E-state index contributed by atoms with van der Waals surface area (Å²) in [5, 5.41) is 12.8. The standard InChI is InChI=1S/C23H20Cl2F3N3OS/c1-14-6-16(2-3-19(14)21(32)30-12-22(11-29)4-5-22)20(31-33-13-23(26,27)28)9-15-7-17(24)10-18(25)8-15/h2-3,6-8,10H,4-5,9,12-13H2,1H3,(H,30,32).